The van der Waals surface area contributed by atoms with E-state index in [0.717, 1.165) is 21.7 Å². The van der Waals surface area contributed by atoms with Gasteiger partial charge < -0.3 is 5.32 Å². The van der Waals surface area contributed by atoms with Crippen molar-refractivity contribution in [2.75, 3.05) is 5.32 Å². The number of benzene rings is 2. The van der Waals surface area contributed by atoms with E-state index in [1.165, 1.54) is 33.4 Å². The van der Waals surface area contributed by atoms with Gasteiger partial charge in [0.25, 0.3) is 0 Å². The molecular formula is C22H22ClN3S. The third-order valence-electron chi connectivity index (χ3n) is 4.96. The van der Waals surface area contributed by atoms with E-state index in [0.29, 0.717) is 0 Å². The Morgan fingerprint density at radius 2 is 1.52 bits per heavy atom. The Labute approximate surface area is 169 Å². The number of thiophene rings is 1. The highest BCUT2D eigenvalue weighted by Crippen LogP contribution is 2.38. The largest absolute Gasteiger partial charge is 0.340 e. The maximum absolute atomic E-state index is 4.54. The number of hydrogen-bond donors (Lipinski definition) is 1. The van der Waals surface area contributed by atoms with Crippen LogP contribution < -0.4 is 5.32 Å². The van der Waals surface area contributed by atoms with Crippen LogP contribution in [0.15, 0.2) is 48.1 Å². The monoisotopic (exact) mass is 395 g/mol. The molecule has 0 saturated heterocycles. The first-order chi connectivity index (χ1) is 12.5. The molecule has 2 heterocycles. The first kappa shape index (κ1) is 19.3. The number of hydrogen-bond acceptors (Lipinski definition) is 4. The van der Waals surface area contributed by atoms with E-state index in [1.54, 1.807) is 17.7 Å². The van der Waals surface area contributed by atoms with Crippen LogP contribution in [0.3, 0.4) is 0 Å². The summed E-state index contributed by atoms with van der Waals surface area (Å²) >= 11 is 1.66. The van der Waals surface area contributed by atoms with E-state index in [1.807, 2.05) is 0 Å². The third-order valence-corrected chi connectivity index (χ3v) is 5.84. The molecule has 1 N–H and O–H groups in total. The predicted molar refractivity (Wildman–Crippen MR) is 119 cm³/mol. The number of aromatic nitrogens is 2. The molecule has 0 aliphatic heterocycles. The second kappa shape index (κ2) is 7.67. The van der Waals surface area contributed by atoms with Crippen LogP contribution in [-0.2, 0) is 0 Å². The van der Waals surface area contributed by atoms with Crippen LogP contribution in [0.25, 0.3) is 21.3 Å². The molecule has 0 unspecified atom stereocenters. The first-order valence-electron chi connectivity index (χ1n) is 8.67. The van der Waals surface area contributed by atoms with Crippen LogP contribution >= 0.6 is 23.7 Å². The van der Waals surface area contributed by atoms with Crippen molar-refractivity contribution in [2.45, 2.75) is 27.7 Å². The lowest BCUT2D eigenvalue weighted by Crippen LogP contribution is -1.96. The summed E-state index contributed by atoms with van der Waals surface area (Å²) in [6, 6.07) is 13.0. The summed E-state index contributed by atoms with van der Waals surface area (Å²) in [6.07, 6.45) is 1.63. The molecule has 4 rings (SSSR count). The zero-order valence-electron chi connectivity index (χ0n) is 15.8. The Balaban J connectivity index is 0.00000210. The molecule has 0 amide bonds. The van der Waals surface area contributed by atoms with Crippen molar-refractivity contribution in [3.8, 4) is 11.1 Å². The molecule has 138 valence electrons. The van der Waals surface area contributed by atoms with Crippen LogP contribution in [0, 0.1) is 27.7 Å². The molecule has 2 aromatic heterocycles. The van der Waals surface area contributed by atoms with E-state index in [2.05, 4.69) is 84.8 Å². The average molecular weight is 396 g/mol. The maximum atomic E-state index is 4.54. The Bertz CT molecular complexity index is 1120. The molecule has 2 aromatic carbocycles. The predicted octanol–water partition coefficient (Wildman–Crippen LogP) is 6.76. The number of nitrogens with zero attached hydrogens (tertiary/aromatic N) is 2. The average Bonchev–Trinajstić information content (AvgIpc) is 3.06. The SMILES string of the molecule is Cc1ccc(Nc2ncnc3scc(-c4ccc(C)c(C)c4)c23)cc1C.Cl. The van der Waals surface area contributed by atoms with Crippen molar-refractivity contribution in [1.29, 1.82) is 0 Å². The van der Waals surface area contributed by atoms with Crippen LogP contribution in [0.4, 0.5) is 11.5 Å². The summed E-state index contributed by atoms with van der Waals surface area (Å²) in [5.41, 5.74) is 8.58. The summed E-state index contributed by atoms with van der Waals surface area (Å²) in [7, 11) is 0. The van der Waals surface area contributed by atoms with Gasteiger partial charge in [-0.2, -0.15) is 0 Å². The van der Waals surface area contributed by atoms with Gasteiger partial charge in [-0.15, -0.1) is 23.7 Å². The van der Waals surface area contributed by atoms with E-state index in [4.69, 9.17) is 0 Å². The highest BCUT2D eigenvalue weighted by atomic mass is 35.5. The molecule has 3 nitrogen and oxygen atoms in total. The van der Waals surface area contributed by atoms with Crippen LogP contribution in [0.5, 0.6) is 0 Å². The van der Waals surface area contributed by atoms with Crippen LogP contribution in [0.2, 0.25) is 0 Å². The number of halogens is 1. The van der Waals surface area contributed by atoms with Crippen molar-refractivity contribution >= 4 is 45.5 Å². The van der Waals surface area contributed by atoms with Gasteiger partial charge >= 0.3 is 0 Å². The first-order valence-corrected chi connectivity index (χ1v) is 9.55. The highest BCUT2D eigenvalue weighted by molar-refractivity contribution is 7.17. The fourth-order valence-electron chi connectivity index (χ4n) is 3.05. The zero-order chi connectivity index (χ0) is 18.3. The minimum absolute atomic E-state index is 0. The fourth-order valence-corrected chi connectivity index (χ4v) is 3.96. The van der Waals surface area contributed by atoms with Gasteiger partial charge in [-0.05, 0) is 67.6 Å². The molecular weight excluding hydrogens is 374 g/mol. The molecule has 0 fully saturated rings. The zero-order valence-corrected chi connectivity index (χ0v) is 17.5. The normalized spacial score (nSPS) is 10.7. The molecule has 0 atom stereocenters. The number of nitrogens with one attached hydrogen (secondary N) is 1. The summed E-state index contributed by atoms with van der Waals surface area (Å²) in [6.45, 7) is 8.54. The lowest BCUT2D eigenvalue weighted by Gasteiger charge is -2.11. The van der Waals surface area contributed by atoms with Gasteiger partial charge in [0.05, 0.1) is 5.39 Å². The third kappa shape index (κ3) is 3.68. The molecule has 0 saturated carbocycles. The second-order valence-electron chi connectivity index (χ2n) is 6.77. The molecule has 4 aromatic rings. The van der Waals surface area contributed by atoms with Crippen LogP contribution in [0.1, 0.15) is 22.3 Å². The van der Waals surface area contributed by atoms with E-state index in [-0.39, 0.29) is 12.4 Å². The second-order valence-corrected chi connectivity index (χ2v) is 7.63. The number of anilines is 2. The van der Waals surface area contributed by atoms with Crippen molar-refractivity contribution in [3.63, 3.8) is 0 Å². The van der Waals surface area contributed by atoms with E-state index in [9.17, 15) is 0 Å². The van der Waals surface area contributed by atoms with Crippen molar-refractivity contribution in [3.05, 3.63) is 70.4 Å². The number of aryl methyl sites for hydroxylation is 4. The summed E-state index contributed by atoms with van der Waals surface area (Å²) in [4.78, 5) is 10.0. The van der Waals surface area contributed by atoms with Gasteiger partial charge in [-0.1, -0.05) is 24.3 Å². The number of fused-ring (bicyclic) bond motifs is 1. The Morgan fingerprint density at radius 3 is 2.22 bits per heavy atom. The maximum Gasteiger partial charge on any atom is 0.143 e. The number of rotatable bonds is 3. The lowest BCUT2D eigenvalue weighted by atomic mass is 10.0. The lowest BCUT2D eigenvalue weighted by molar-refractivity contribution is 1.23. The minimum Gasteiger partial charge on any atom is -0.340 e. The van der Waals surface area contributed by atoms with Crippen molar-refractivity contribution in [2.24, 2.45) is 0 Å². The summed E-state index contributed by atoms with van der Waals surface area (Å²) in [5.74, 6) is 0.854. The highest BCUT2D eigenvalue weighted by Gasteiger charge is 2.14. The molecule has 5 heteroatoms. The van der Waals surface area contributed by atoms with Gasteiger partial charge in [0.2, 0.25) is 0 Å². The van der Waals surface area contributed by atoms with Crippen molar-refractivity contribution < 1.29 is 0 Å². The van der Waals surface area contributed by atoms with Crippen LogP contribution in [-0.4, -0.2) is 9.97 Å². The Kier molecular flexibility index (Phi) is 5.49. The topological polar surface area (TPSA) is 37.8 Å². The van der Waals surface area contributed by atoms with Gasteiger partial charge in [-0.25, -0.2) is 9.97 Å². The van der Waals surface area contributed by atoms with Gasteiger partial charge in [0.15, 0.2) is 0 Å². The molecule has 0 aliphatic carbocycles. The minimum atomic E-state index is 0. The molecule has 0 aliphatic rings. The summed E-state index contributed by atoms with van der Waals surface area (Å²) in [5, 5.41) is 6.75. The quantitative estimate of drug-likeness (QED) is 0.416. The van der Waals surface area contributed by atoms with Gasteiger partial charge in [0.1, 0.15) is 17.0 Å². The molecule has 0 spiro atoms. The van der Waals surface area contributed by atoms with Crippen molar-refractivity contribution in [1.82, 2.24) is 9.97 Å². The van der Waals surface area contributed by atoms with E-state index < -0.39 is 0 Å². The fraction of sp³-hybridized carbons (Fsp3) is 0.182. The Hall–Kier alpha value is -2.43. The van der Waals surface area contributed by atoms with Gasteiger partial charge in [-0.3, -0.25) is 0 Å². The summed E-state index contributed by atoms with van der Waals surface area (Å²) < 4.78 is 0. The molecule has 0 radical (unpaired) electrons. The molecule has 27 heavy (non-hydrogen) atoms. The van der Waals surface area contributed by atoms with E-state index >= 15 is 0 Å². The Morgan fingerprint density at radius 1 is 0.815 bits per heavy atom. The smallest absolute Gasteiger partial charge is 0.143 e. The van der Waals surface area contributed by atoms with Gasteiger partial charge in [0, 0.05) is 16.6 Å². The standard InChI is InChI=1S/C22H21N3S.ClH/c1-13-5-7-17(9-15(13)3)19-11-26-22-20(19)21(23-12-24-22)25-18-8-6-14(2)16(4)10-18;/h5-12H,1-4H3,(H,23,24,25);1H. The molecule has 0 bridgehead atoms.